The average molecular weight is 425 g/mol. The highest BCUT2D eigenvalue weighted by atomic mass is 32.2. The molecule has 0 unspecified atom stereocenters. The first-order chi connectivity index (χ1) is 13.5. The summed E-state index contributed by atoms with van der Waals surface area (Å²) in [6.07, 6.45) is 6.07. The molecule has 2 aliphatic rings. The highest BCUT2D eigenvalue weighted by Gasteiger charge is 2.34. The first-order valence-electron chi connectivity index (χ1n) is 9.71. The summed E-state index contributed by atoms with van der Waals surface area (Å²) in [5, 5.41) is 0. The van der Waals surface area contributed by atoms with Crippen LogP contribution in [0.25, 0.3) is 10.6 Å². The number of sulfonamides is 1. The number of thiophene rings is 1. The third kappa shape index (κ3) is 3.75. The van der Waals surface area contributed by atoms with Crippen LogP contribution < -0.4 is 0 Å². The van der Waals surface area contributed by atoms with Crippen LogP contribution in [-0.2, 0) is 19.6 Å². The Morgan fingerprint density at radius 3 is 2.68 bits per heavy atom. The molecule has 1 saturated carbocycles. The monoisotopic (exact) mass is 424 g/mol. The van der Waals surface area contributed by atoms with E-state index in [-0.39, 0.29) is 11.9 Å². The minimum Gasteiger partial charge on any atom is -0.466 e. The van der Waals surface area contributed by atoms with E-state index in [2.05, 4.69) is 4.98 Å². The molecule has 0 bridgehead atoms. The van der Waals surface area contributed by atoms with Crippen molar-refractivity contribution in [2.75, 3.05) is 19.7 Å². The van der Waals surface area contributed by atoms with Crippen molar-refractivity contribution >= 4 is 27.3 Å². The predicted octanol–water partition coefficient (Wildman–Crippen LogP) is 3.63. The van der Waals surface area contributed by atoms with Crippen LogP contribution in [0.15, 0.2) is 27.0 Å². The van der Waals surface area contributed by atoms with Gasteiger partial charge in [0.1, 0.15) is 4.21 Å². The van der Waals surface area contributed by atoms with Gasteiger partial charge in [-0.25, -0.2) is 13.4 Å². The Morgan fingerprint density at radius 2 is 2.04 bits per heavy atom. The Labute approximate surface area is 168 Å². The molecule has 2 aromatic heterocycles. The molecular formula is C19H24N2O5S2. The zero-order valence-electron chi connectivity index (χ0n) is 15.8. The Kier molecular flexibility index (Phi) is 5.57. The molecule has 1 saturated heterocycles. The van der Waals surface area contributed by atoms with Gasteiger partial charge in [-0.15, -0.1) is 11.3 Å². The molecule has 0 radical (unpaired) electrons. The lowest BCUT2D eigenvalue weighted by atomic mass is 9.85. The molecule has 28 heavy (non-hydrogen) atoms. The lowest BCUT2D eigenvalue weighted by molar-refractivity contribution is -0.149. The lowest BCUT2D eigenvalue weighted by Crippen LogP contribution is -2.40. The van der Waals surface area contributed by atoms with Crippen molar-refractivity contribution in [3.8, 4) is 10.6 Å². The SMILES string of the molecule is CCOC(=O)C1CCN(S(=O)(=O)c2ccc(-c3cnc(C4CCC4)o3)s2)CC1. The molecule has 0 aromatic carbocycles. The maximum atomic E-state index is 13.0. The number of hydrogen-bond acceptors (Lipinski definition) is 7. The number of oxazole rings is 1. The number of esters is 1. The van der Waals surface area contributed by atoms with Gasteiger partial charge in [-0.2, -0.15) is 4.31 Å². The zero-order chi connectivity index (χ0) is 19.7. The van der Waals surface area contributed by atoms with E-state index < -0.39 is 10.0 Å². The van der Waals surface area contributed by atoms with Crippen LogP contribution >= 0.6 is 11.3 Å². The fourth-order valence-corrected chi connectivity index (χ4v) is 6.43. The Hall–Kier alpha value is -1.71. The third-order valence-corrected chi connectivity index (χ3v) is 8.94. The standard InChI is InChI=1S/C19H24N2O5S2/c1-2-25-19(22)14-8-10-21(11-9-14)28(23,24)17-7-6-16(27-17)15-12-20-18(26-15)13-4-3-5-13/h6-7,12-14H,2-5,8-11H2,1H3. The number of piperidine rings is 1. The number of aromatic nitrogens is 1. The molecule has 7 nitrogen and oxygen atoms in total. The minimum atomic E-state index is -3.58. The van der Waals surface area contributed by atoms with Gasteiger partial charge in [0.25, 0.3) is 10.0 Å². The lowest BCUT2D eigenvalue weighted by Gasteiger charge is -2.29. The number of nitrogens with zero attached hydrogens (tertiary/aromatic N) is 2. The number of hydrogen-bond donors (Lipinski definition) is 0. The fourth-order valence-electron chi connectivity index (χ4n) is 3.56. The van der Waals surface area contributed by atoms with Crippen LogP contribution in [0.5, 0.6) is 0 Å². The van der Waals surface area contributed by atoms with E-state index in [0.717, 1.165) is 23.6 Å². The summed E-state index contributed by atoms with van der Waals surface area (Å²) in [6, 6.07) is 3.40. The first kappa shape index (κ1) is 19.6. The highest BCUT2D eigenvalue weighted by molar-refractivity contribution is 7.91. The van der Waals surface area contributed by atoms with Gasteiger partial charge in [0, 0.05) is 19.0 Å². The molecule has 0 atom stereocenters. The van der Waals surface area contributed by atoms with Gasteiger partial charge in [-0.3, -0.25) is 4.79 Å². The normalized spacial score (nSPS) is 19.5. The molecule has 4 rings (SSSR count). The topological polar surface area (TPSA) is 89.7 Å². The first-order valence-corrected chi connectivity index (χ1v) is 12.0. The molecular weight excluding hydrogens is 400 g/mol. The van der Waals surface area contributed by atoms with Crippen LogP contribution in [0.2, 0.25) is 0 Å². The molecule has 9 heteroatoms. The molecule has 2 fully saturated rings. The van der Waals surface area contributed by atoms with Crippen LogP contribution in [-0.4, -0.2) is 43.4 Å². The second-order valence-corrected chi connectivity index (χ2v) is 10.5. The summed E-state index contributed by atoms with van der Waals surface area (Å²) in [4.78, 5) is 17.0. The van der Waals surface area contributed by atoms with E-state index in [4.69, 9.17) is 9.15 Å². The summed E-state index contributed by atoms with van der Waals surface area (Å²) >= 11 is 1.20. The van der Waals surface area contributed by atoms with Crippen LogP contribution in [0.4, 0.5) is 0 Å². The Morgan fingerprint density at radius 1 is 1.29 bits per heavy atom. The summed E-state index contributed by atoms with van der Waals surface area (Å²) in [5.74, 6) is 1.32. The van der Waals surface area contributed by atoms with Gasteiger partial charge in [0.05, 0.1) is 23.6 Å². The van der Waals surface area contributed by atoms with Crippen LogP contribution in [0, 0.1) is 5.92 Å². The maximum absolute atomic E-state index is 13.0. The molecule has 0 spiro atoms. The number of ether oxygens (including phenoxy) is 1. The van der Waals surface area contributed by atoms with Crippen molar-refractivity contribution in [2.45, 2.75) is 49.2 Å². The number of rotatable bonds is 6. The van der Waals surface area contributed by atoms with Gasteiger partial charge in [0.15, 0.2) is 11.7 Å². The van der Waals surface area contributed by atoms with E-state index >= 15 is 0 Å². The molecule has 0 N–H and O–H groups in total. The van der Waals surface area contributed by atoms with E-state index in [0.29, 0.717) is 48.4 Å². The van der Waals surface area contributed by atoms with Crippen LogP contribution in [0.1, 0.15) is 50.8 Å². The summed E-state index contributed by atoms with van der Waals surface area (Å²) < 4.78 is 38.6. The number of carbonyl (C=O) groups is 1. The fraction of sp³-hybridized carbons (Fsp3) is 0.579. The minimum absolute atomic E-state index is 0.218. The smallest absolute Gasteiger partial charge is 0.309 e. The molecule has 3 heterocycles. The summed E-state index contributed by atoms with van der Waals surface area (Å²) in [7, 11) is -3.58. The van der Waals surface area contributed by atoms with E-state index in [1.54, 1.807) is 25.3 Å². The third-order valence-electron chi connectivity index (χ3n) is 5.47. The molecule has 152 valence electrons. The summed E-state index contributed by atoms with van der Waals surface area (Å²) in [6.45, 7) is 2.77. The maximum Gasteiger partial charge on any atom is 0.309 e. The number of carbonyl (C=O) groups excluding carboxylic acids is 1. The van der Waals surface area contributed by atoms with Crippen molar-refractivity contribution in [1.82, 2.24) is 9.29 Å². The van der Waals surface area contributed by atoms with Crippen molar-refractivity contribution in [3.63, 3.8) is 0 Å². The quantitative estimate of drug-likeness (QED) is 0.658. The van der Waals surface area contributed by atoms with E-state index in [9.17, 15) is 13.2 Å². The van der Waals surface area contributed by atoms with Gasteiger partial charge in [0.2, 0.25) is 0 Å². The molecule has 2 aromatic rings. The van der Waals surface area contributed by atoms with Crippen LogP contribution in [0.3, 0.4) is 0 Å². The van der Waals surface area contributed by atoms with E-state index in [1.807, 2.05) is 0 Å². The van der Waals surface area contributed by atoms with Gasteiger partial charge in [-0.1, -0.05) is 6.42 Å². The Bertz CT molecular complexity index is 937. The molecule has 0 amide bonds. The van der Waals surface area contributed by atoms with Crippen molar-refractivity contribution < 1.29 is 22.4 Å². The Balaban J connectivity index is 1.44. The molecule has 1 aliphatic heterocycles. The van der Waals surface area contributed by atoms with Crippen molar-refractivity contribution in [2.24, 2.45) is 5.92 Å². The van der Waals surface area contributed by atoms with Gasteiger partial charge in [-0.05, 0) is 44.7 Å². The summed E-state index contributed by atoms with van der Waals surface area (Å²) in [5.41, 5.74) is 0. The van der Waals surface area contributed by atoms with Gasteiger partial charge < -0.3 is 9.15 Å². The second-order valence-electron chi connectivity index (χ2n) is 7.24. The predicted molar refractivity (Wildman–Crippen MR) is 105 cm³/mol. The van der Waals surface area contributed by atoms with E-state index in [1.165, 1.54) is 22.1 Å². The van der Waals surface area contributed by atoms with Crippen molar-refractivity contribution in [3.05, 3.63) is 24.2 Å². The average Bonchev–Trinajstić information content (AvgIpc) is 3.30. The zero-order valence-corrected chi connectivity index (χ0v) is 17.4. The van der Waals surface area contributed by atoms with Gasteiger partial charge >= 0.3 is 5.97 Å². The largest absolute Gasteiger partial charge is 0.466 e. The highest BCUT2D eigenvalue weighted by Crippen LogP contribution is 2.39. The van der Waals surface area contributed by atoms with Crippen molar-refractivity contribution in [1.29, 1.82) is 0 Å². The molecule has 1 aliphatic carbocycles. The second kappa shape index (κ2) is 7.96.